The predicted molar refractivity (Wildman–Crippen MR) is 104 cm³/mol. The molecule has 1 saturated carbocycles. The van der Waals surface area contributed by atoms with Gasteiger partial charge in [-0.1, -0.05) is 31.0 Å². The molecule has 0 unspecified atom stereocenters. The smallest absolute Gasteiger partial charge is 0.353 e. The normalized spacial score (nSPS) is 14.4. The van der Waals surface area contributed by atoms with E-state index in [9.17, 15) is 10.1 Å². The van der Waals surface area contributed by atoms with Gasteiger partial charge in [-0.15, -0.1) is 0 Å². The van der Waals surface area contributed by atoms with Gasteiger partial charge in [0.1, 0.15) is 6.33 Å². The van der Waals surface area contributed by atoms with E-state index in [0.29, 0.717) is 5.69 Å². The highest BCUT2D eigenvalue weighted by Crippen LogP contribution is 2.34. The summed E-state index contributed by atoms with van der Waals surface area (Å²) in [5, 5.41) is 19.0. The van der Waals surface area contributed by atoms with Crippen molar-refractivity contribution in [3.63, 3.8) is 0 Å². The zero-order chi connectivity index (χ0) is 18.8. The van der Waals surface area contributed by atoms with Crippen LogP contribution in [0.4, 0.5) is 23.0 Å². The Bertz CT molecular complexity index is 1000. The van der Waals surface area contributed by atoms with Gasteiger partial charge >= 0.3 is 5.69 Å². The summed E-state index contributed by atoms with van der Waals surface area (Å²) < 4.78 is 0. The fourth-order valence-corrected chi connectivity index (χ4v) is 3.49. The molecule has 0 spiro atoms. The van der Waals surface area contributed by atoms with Crippen LogP contribution >= 0.6 is 0 Å². The highest BCUT2D eigenvalue weighted by molar-refractivity contribution is 5.93. The maximum atomic E-state index is 11.8. The lowest BCUT2D eigenvalue weighted by Gasteiger charge is -2.14. The molecule has 0 atom stereocenters. The summed E-state index contributed by atoms with van der Waals surface area (Å²) in [7, 11) is 0. The molecule has 1 aromatic carbocycles. The third-order valence-corrected chi connectivity index (χ3v) is 4.81. The van der Waals surface area contributed by atoms with Gasteiger partial charge in [0.05, 0.1) is 16.1 Å². The van der Waals surface area contributed by atoms with Crippen molar-refractivity contribution in [3.8, 4) is 0 Å². The molecule has 0 bridgehead atoms. The summed E-state index contributed by atoms with van der Waals surface area (Å²) in [6.07, 6.45) is 5.59. The van der Waals surface area contributed by atoms with Crippen LogP contribution in [0, 0.1) is 17.0 Å². The number of nitro groups is 1. The molecule has 1 fully saturated rings. The van der Waals surface area contributed by atoms with Gasteiger partial charge in [-0.05, 0) is 31.9 Å². The number of benzene rings is 1. The maximum absolute atomic E-state index is 11.8. The van der Waals surface area contributed by atoms with Crippen molar-refractivity contribution in [1.29, 1.82) is 0 Å². The first-order valence-corrected chi connectivity index (χ1v) is 9.01. The van der Waals surface area contributed by atoms with E-state index >= 15 is 0 Å². The molecule has 2 N–H and O–H groups in total. The minimum atomic E-state index is -0.441. The average molecular weight is 364 g/mol. The Morgan fingerprint density at radius 2 is 1.89 bits per heavy atom. The maximum Gasteiger partial charge on any atom is 0.353 e. The number of anilines is 3. The predicted octanol–water partition coefficient (Wildman–Crippen LogP) is 4.34. The molecule has 8 heteroatoms. The van der Waals surface area contributed by atoms with Crippen molar-refractivity contribution in [2.24, 2.45) is 0 Å². The molecule has 0 amide bonds. The minimum Gasteiger partial charge on any atom is -0.361 e. The van der Waals surface area contributed by atoms with Gasteiger partial charge in [-0.3, -0.25) is 15.1 Å². The van der Waals surface area contributed by atoms with Crippen molar-refractivity contribution in [3.05, 3.63) is 52.5 Å². The fraction of sp³-hybridized carbons (Fsp3) is 0.316. The van der Waals surface area contributed by atoms with Crippen LogP contribution in [0.2, 0.25) is 0 Å². The second-order valence-electron chi connectivity index (χ2n) is 6.76. The summed E-state index contributed by atoms with van der Waals surface area (Å²) >= 11 is 0. The largest absolute Gasteiger partial charge is 0.361 e. The first kappa shape index (κ1) is 17.1. The van der Waals surface area contributed by atoms with E-state index in [1.54, 1.807) is 0 Å². The van der Waals surface area contributed by atoms with Crippen molar-refractivity contribution in [1.82, 2.24) is 15.0 Å². The van der Waals surface area contributed by atoms with Crippen LogP contribution in [0.25, 0.3) is 10.9 Å². The number of fused-ring (bicyclic) bond motifs is 1. The molecule has 27 heavy (non-hydrogen) atoms. The van der Waals surface area contributed by atoms with Crippen LogP contribution in [-0.2, 0) is 0 Å². The number of nitrogens with one attached hydrogen (secondary N) is 2. The quantitative estimate of drug-likeness (QED) is 0.512. The molecular formula is C19H20N6O2. The van der Waals surface area contributed by atoms with Crippen molar-refractivity contribution >= 4 is 33.9 Å². The summed E-state index contributed by atoms with van der Waals surface area (Å²) in [5.74, 6) is 0.417. The Kier molecular flexibility index (Phi) is 4.53. The molecule has 2 heterocycles. The van der Waals surface area contributed by atoms with Gasteiger partial charge < -0.3 is 10.6 Å². The Labute approximate surface area is 156 Å². The zero-order valence-electron chi connectivity index (χ0n) is 15.0. The highest BCUT2D eigenvalue weighted by Gasteiger charge is 2.26. The van der Waals surface area contributed by atoms with Crippen LogP contribution in [0.3, 0.4) is 0 Å². The van der Waals surface area contributed by atoms with Gasteiger partial charge in [0.15, 0.2) is 0 Å². The topological polar surface area (TPSA) is 106 Å². The van der Waals surface area contributed by atoms with Crippen LogP contribution in [0.5, 0.6) is 0 Å². The second-order valence-corrected chi connectivity index (χ2v) is 6.76. The number of aryl methyl sites for hydroxylation is 1. The molecule has 8 nitrogen and oxygen atoms in total. The average Bonchev–Trinajstić information content (AvgIpc) is 3.15. The van der Waals surface area contributed by atoms with Crippen LogP contribution in [0.1, 0.15) is 31.4 Å². The fourth-order valence-electron chi connectivity index (χ4n) is 3.49. The summed E-state index contributed by atoms with van der Waals surface area (Å²) in [6.45, 7) is 1.91. The Morgan fingerprint density at radius 3 is 2.67 bits per heavy atom. The standard InChI is InChI=1S/C19H20N6O2/c1-12-9-10-13-5-4-8-15(16(13)22-12)24-19-17(25(26)27)18(20-11-21-19)23-14-6-2-3-7-14/h4-5,8-11,14H,2-3,6-7H2,1H3,(H2,20,21,23,24). The highest BCUT2D eigenvalue weighted by atomic mass is 16.6. The first-order chi connectivity index (χ1) is 13.1. The third-order valence-electron chi connectivity index (χ3n) is 4.81. The van der Waals surface area contributed by atoms with E-state index < -0.39 is 4.92 Å². The number of hydrogen-bond acceptors (Lipinski definition) is 7. The molecule has 0 aliphatic heterocycles. The van der Waals surface area contributed by atoms with Crippen molar-refractivity contribution < 1.29 is 4.92 Å². The molecule has 4 rings (SSSR count). The molecule has 0 saturated heterocycles. The second kappa shape index (κ2) is 7.14. The molecule has 1 aliphatic carbocycles. The van der Waals surface area contributed by atoms with E-state index in [-0.39, 0.29) is 23.4 Å². The summed E-state index contributed by atoms with van der Waals surface area (Å²) in [5.41, 5.74) is 2.15. The Balaban J connectivity index is 1.74. The SMILES string of the molecule is Cc1ccc2cccc(Nc3ncnc(NC4CCCC4)c3[N+](=O)[O-])c2n1. The molecule has 2 aromatic heterocycles. The number of aromatic nitrogens is 3. The van der Waals surface area contributed by atoms with Gasteiger partial charge in [-0.2, -0.15) is 0 Å². The van der Waals surface area contributed by atoms with Crippen molar-refractivity contribution in [2.45, 2.75) is 38.6 Å². The number of nitrogens with zero attached hydrogens (tertiary/aromatic N) is 4. The monoisotopic (exact) mass is 364 g/mol. The van der Waals surface area contributed by atoms with Gasteiger partial charge in [0.25, 0.3) is 0 Å². The van der Waals surface area contributed by atoms with Gasteiger partial charge in [0, 0.05) is 17.1 Å². The minimum absolute atomic E-state index is 0.144. The van der Waals surface area contributed by atoms with Gasteiger partial charge in [0.2, 0.25) is 11.6 Å². The van der Waals surface area contributed by atoms with E-state index in [1.807, 2.05) is 37.3 Å². The first-order valence-electron chi connectivity index (χ1n) is 9.01. The van der Waals surface area contributed by atoms with Gasteiger partial charge in [-0.25, -0.2) is 9.97 Å². The zero-order valence-corrected chi connectivity index (χ0v) is 15.0. The number of para-hydroxylation sites is 1. The molecule has 1 aliphatic rings. The lowest BCUT2D eigenvalue weighted by molar-refractivity contribution is -0.383. The summed E-state index contributed by atoms with van der Waals surface area (Å²) in [4.78, 5) is 24.1. The molecular weight excluding hydrogens is 344 g/mol. The summed E-state index contributed by atoms with van der Waals surface area (Å²) in [6, 6.07) is 9.80. The van der Waals surface area contributed by atoms with Crippen molar-refractivity contribution in [2.75, 3.05) is 10.6 Å². The van der Waals surface area contributed by atoms with E-state index in [4.69, 9.17) is 0 Å². The number of hydrogen-bond donors (Lipinski definition) is 2. The lowest BCUT2D eigenvalue weighted by atomic mass is 10.1. The van der Waals surface area contributed by atoms with E-state index in [2.05, 4.69) is 25.6 Å². The molecule has 3 aromatic rings. The van der Waals surface area contributed by atoms with E-state index in [0.717, 1.165) is 42.3 Å². The number of pyridine rings is 1. The van der Waals surface area contributed by atoms with Crippen LogP contribution in [0.15, 0.2) is 36.7 Å². The molecule has 0 radical (unpaired) electrons. The Hall–Kier alpha value is -3.29. The molecule has 138 valence electrons. The Morgan fingerprint density at radius 1 is 1.11 bits per heavy atom. The lowest BCUT2D eigenvalue weighted by Crippen LogP contribution is -2.17. The number of rotatable bonds is 5. The van der Waals surface area contributed by atoms with Crippen LogP contribution in [-0.4, -0.2) is 25.9 Å². The third kappa shape index (κ3) is 3.51. The van der Waals surface area contributed by atoms with E-state index in [1.165, 1.54) is 6.33 Å². The van der Waals surface area contributed by atoms with Crippen LogP contribution < -0.4 is 10.6 Å².